The molecule has 0 aromatic rings. The van der Waals surface area contributed by atoms with Gasteiger partial charge in [0.25, 0.3) is 0 Å². The minimum Gasteiger partial charge on any atom is -0.412 e. The van der Waals surface area contributed by atoms with Crippen LogP contribution in [0.5, 0.6) is 0 Å². The molecule has 95 valence electrons. The van der Waals surface area contributed by atoms with Crippen LogP contribution in [-0.4, -0.2) is 49.7 Å². The summed E-state index contributed by atoms with van der Waals surface area (Å²) in [5, 5.41) is 22.3. The Kier molecular flexibility index (Phi) is 754. The van der Waals surface area contributed by atoms with Crippen molar-refractivity contribution in [1.29, 1.82) is 0 Å². The summed E-state index contributed by atoms with van der Waals surface area (Å²) in [6, 6.07) is 0. The first kappa shape index (κ1) is 92.8. The molecule has 0 spiro atoms. The summed E-state index contributed by atoms with van der Waals surface area (Å²) in [7, 11) is 0. The van der Waals surface area contributed by atoms with Crippen molar-refractivity contribution in [2.45, 2.75) is 6.92 Å². The average molecular weight is 355 g/mol. The number of hydrogen-bond acceptors (Lipinski definition) is 4. The number of aliphatic hydroxyl groups is 1. The maximum absolute atomic E-state index is 8.25. The van der Waals surface area contributed by atoms with E-state index in [4.69, 9.17) is 20.4 Å². The monoisotopic (exact) mass is 355 g/mol. The SMILES string of the molecule is CCO.O.O.O.O.O.O.O=[N+]([O-])[O-].[La]. The minimum absolute atomic E-state index is 0. The van der Waals surface area contributed by atoms with Gasteiger partial charge in [-0.05, 0) is 6.92 Å². The molecule has 1 radical (unpaired) electrons. The van der Waals surface area contributed by atoms with E-state index >= 15 is 0 Å². The van der Waals surface area contributed by atoms with Crippen LogP contribution in [-0.2, 0) is 0 Å². The van der Waals surface area contributed by atoms with Gasteiger partial charge in [0.1, 0.15) is 0 Å². The standard InChI is InChI=1S/C2H6O.La.NO3.6H2O/c1-2-3;;2-1(3)4;;;;;;/h3H,2H2,1H3;;;6*1H2/q;;-1;;;;;;. The van der Waals surface area contributed by atoms with Gasteiger partial charge in [-0.25, -0.2) is 0 Å². The second-order valence-corrected chi connectivity index (χ2v) is 0.540. The van der Waals surface area contributed by atoms with E-state index in [1.165, 1.54) is 0 Å². The molecule has 13 N–H and O–H groups in total. The van der Waals surface area contributed by atoms with Gasteiger partial charge in [0, 0.05) is 42.2 Å². The van der Waals surface area contributed by atoms with Crippen LogP contribution in [0.1, 0.15) is 6.92 Å². The van der Waals surface area contributed by atoms with Gasteiger partial charge in [-0.3, -0.25) is 0 Å². The summed E-state index contributed by atoms with van der Waals surface area (Å²) in [6.07, 6.45) is 0. The number of nitrogens with zero attached hydrogens (tertiary/aromatic N) is 1. The van der Waals surface area contributed by atoms with E-state index < -0.39 is 5.09 Å². The van der Waals surface area contributed by atoms with Gasteiger partial charge in [0.15, 0.2) is 0 Å². The van der Waals surface area contributed by atoms with Gasteiger partial charge in [-0.1, -0.05) is 0 Å². The molecular formula is C2H18LaNO10-. The summed E-state index contributed by atoms with van der Waals surface area (Å²) in [5.74, 6) is 0. The first-order chi connectivity index (χ1) is 3.15. The van der Waals surface area contributed by atoms with Crippen LogP contribution in [0.25, 0.3) is 0 Å². The Hall–Kier alpha value is 0.115. The fraction of sp³-hybridized carbons (Fsp3) is 1.00. The number of rotatable bonds is 0. The van der Waals surface area contributed by atoms with E-state index in [1.807, 2.05) is 0 Å². The van der Waals surface area contributed by atoms with Crippen molar-refractivity contribution < 1.29 is 78.6 Å². The molecule has 0 heterocycles. The fourth-order valence-electron chi connectivity index (χ4n) is 0. The smallest absolute Gasteiger partial charge is 0.0689 e. The predicted octanol–water partition coefficient (Wildman–Crippen LogP) is -5.19. The first-order valence-corrected chi connectivity index (χ1v) is 1.57. The molecule has 0 rings (SSSR count). The van der Waals surface area contributed by atoms with Crippen LogP contribution >= 0.6 is 0 Å². The molecule has 0 aliphatic carbocycles. The van der Waals surface area contributed by atoms with Crippen molar-refractivity contribution in [3.8, 4) is 0 Å². The summed E-state index contributed by atoms with van der Waals surface area (Å²) in [6.45, 7) is 1.93. The summed E-state index contributed by atoms with van der Waals surface area (Å²) in [4.78, 5) is 8.25. The number of hydrogen-bond donors (Lipinski definition) is 1. The van der Waals surface area contributed by atoms with E-state index in [-0.39, 0.29) is 75.1 Å². The van der Waals surface area contributed by atoms with Gasteiger partial charge in [-0.2, -0.15) is 0 Å². The van der Waals surface area contributed by atoms with E-state index in [2.05, 4.69) is 0 Å². The fourth-order valence-corrected chi connectivity index (χ4v) is 0. The zero-order chi connectivity index (χ0) is 6.28. The Morgan fingerprint density at radius 3 is 1.00 bits per heavy atom. The van der Waals surface area contributed by atoms with E-state index in [0.29, 0.717) is 0 Å². The van der Waals surface area contributed by atoms with Gasteiger partial charge in [0.2, 0.25) is 0 Å². The van der Waals surface area contributed by atoms with E-state index in [1.54, 1.807) is 6.92 Å². The Morgan fingerprint density at radius 1 is 1.00 bits per heavy atom. The van der Waals surface area contributed by atoms with Crippen molar-refractivity contribution in [3.63, 3.8) is 0 Å². The molecule has 0 fully saturated rings. The van der Waals surface area contributed by atoms with Crippen molar-refractivity contribution >= 4 is 0 Å². The molecule has 0 bridgehead atoms. The normalized spacial score (nSPS) is 3.00. The molecule has 0 unspecified atom stereocenters. The van der Waals surface area contributed by atoms with Crippen molar-refractivity contribution in [2.24, 2.45) is 0 Å². The van der Waals surface area contributed by atoms with Crippen LogP contribution in [0.15, 0.2) is 0 Å². The molecule has 0 saturated heterocycles. The second kappa shape index (κ2) is 114. The Balaban J connectivity index is -0.00000000344. The second-order valence-electron chi connectivity index (χ2n) is 0.540. The Bertz CT molecular complexity index is 49.4. The summed E-state index contributed by atoms with van der Waals surface area (Å²) >= 11 is 0. The molecule has 0 aliphatic heterocycles. The zero-order valence-corrected chi connectivity index (χ0v) is 11.0. The molecule has 0 aromatic heterocycles. The maximum Gasteiger partial charge on any atom is 0.0689 e. The average Bonchev–Trinajstić information content (AvgIpc) is 1.33. The van der Waals surface area contributed by atoms with Crippen LogP contribution in [0.2, 0.25) is 0 Å². The molecular weight excluding hydrogens is 337 g/mol. The topological polar surface area (TPSA) is 275 Å². The molecule has 0 amide bonds. The van der Waals surface area contributed by atoms with Crippen LogP contribution < -0.4 is 0 Å². The molecule has 0 aliphatic rings. The van der Waals surface area contributed by atoms with Crippen LogP contribution in [0.3, 0.4) is 0 Å². The quantitative estimate of drug-likeness (QED) is 0.329. The van der Waals surface area contributed by atoms with Gasteiger partial charge < -0.3 is 53.3 Å². The third-order valence-corrected chi connectivity index (χ3v) is 0. The van der Waals surface area contributed by atoms with Crippen molar-refractivity contribution in [1.82, 2.24) is 0 Å². The predicted molar refractivity (Wildman–Crippen MR) is 44.8 cm³/mol. The zero-order valence-electron chi connectivity index (χ0n) is 7.40. The molecule has 0 saturated carbocycles. The van der Waals surface area contributed by atoms with Crippen molar-refractivity contribution in [3.05, 3.63) is 15.3 Å². The van der Waals surface area contributed by atoms with Crippen LogP contribution in [0, 0.1) is 50.9 Å². The van der Waals surface area contributed by atoms with Crippen molar-refractivity contribution in [2.75, 3.05) is 6.61 Å². The van der Waals surface area contributed by atoms with E-state index in [0.717, 1.165) is 0 Å². The number of aliphatic hydroxyl groups excluding tert-OH is 1. The molecule has 0 atom stereocenters. The summed E-state index contributed by atoms with van der Waals surface area (Å²) < 4.78 is 0. The molecule has 11 nitrogen and oxygen atoms in total. The van der Waals surface area contributed by atoms with Crippen LogP contribution in [0.4, 0.5) is 0 Å². The molecule has 12 heteroatoms. The third-order valence-electron chi connectivity index (χ3n) is 0. The largest absolute Gasteiger partial charge is 0.412 e. The first-order valence-electron chi connectivity index (χ1n) is 1.57. The van der Waals surface area contributed by atoms with E-state index in [9.17, 15) is 0 Å². The maximum atomic E-state index is 8.25. The Morgan fingerprint density at radius 2 is 1.00 bits per heavy atom. The van der Waals surface area contributed by atoms with Gasteiger partial charge >= 0.3 is 0 Å². The summed E-state index contributed by atoms with van der Waals surface area (Å²) in [5.41, 5.74) is 0. The van der Waals surface area contributed by atoms with Gasteiger partial charge in [0.05, 0.1) is 5.09 Å². The molecule has 14 heavy (non-hydrogen) atoms. The molecule has 0 aromatic carbocycles. The Labute approximate surface area is 107 Å². The van der Waals surface area contributed by atoms with Gasteiger partial charge in [-0.15, -0.1) is 0 Å². The minimum atomic E-state index is -1.75. The third kappa shape index (κ3) is 114000.